The van der Waals surface area contributed by atoms with Crippen LogP contribution in [0.5, 0.6) is 5.75 Å². The second-order valence-electron chi connectivity index (χ2n) is 7.04. The number of rotatable bonds is 4. The summed E-state index contributed by atoms with van der Waals surface area (Å²) in [5.74, 6) is -0.264. The van der Waals surface area contributed by atoms with E-state index in [1.165, 1.54) is 13.0 Å². The quantitative estimate of drug-likeness (QED) is 0.772. The molecule has 0 radical (unpaired) electrons. The number of nitrogens with one attached hydrogen (secondary N) is 1. The van der Waals surface area contributed by atoms with Crippen LogP contribution < -0.4 is 5.32 Å². The zero-order valence-corrected chi connectivity index (χ0v) is 16.5. The van der Waals surface area contributed by atoms with Crippen molar-refractivity contribution in [1.29, 1.82) is 0 Å². The number of phenols is 1. The van der Waals surface area contributed by atoms with Gasteiger partial charge in [0, 0.05) is 19.5 Å². The Morgan fingerprint density at radius 1 is 1.20 bits per heavy atom. The summed E-state index contributed by atoms with van der Waals surface area (Å²) in [6.45, 7) is 9.48. The highest BCUT2D eigenvalue weighted by Crippen LogP contribution is 2.39. The molecule has 0 saturated carbocycles. The molecule has 0 spiro atoms. The number of hydrogen-bond acceptors (Lipinski definition) is 4. The number of phenolic OH excluding ortho intramolecular Hbond substituents is 1. The van der Waals surface area contributed by atoms with Crippen LogP contribution >= 0.6 is 23.2 Å². The molecular formula is C17H22BCl2NO4. The summed E-state index contributed by atoms with van der Waals surface area (Å²) in [7, 11) is -0.638. The van der Waals surface area contributed by atoms with Crippen LogP contribution in [-0.2, 0) is 14.1 Å². The Hall–Kier alpha value is -1.21. The van der Waals surface area contributed by atoms with Crippen LogP contribution in [-0.4, -0.2) is 35.9 Å². The molecule has 8 heteroatoms. The Balaban J connectivity index is 2.40. The Labute approximate surface area is 158 Å². The van der Waals surface area contributed by atoms with Gasteiger partial charge in [0.05, 0.1) is 21.2 Å². The standard InChI is InChI=1S/C17H22BCl2NO4/c1-10(22)21-9-12(18-24-16(2,3)17(4,5)25-18)6-11-7-14(20)15(23)8-13(11)19/h6-8,23H,9H2,1-5H3,(H,21,22). The summed E-state index contributed by atoms with van der Waals surface area (Å²) in [4.78, 5) is 11.3. The molecule has 1 aromatic carbocycles. The Kier molecular flexibility index (Phi) is 5.79. The fourth-order valence-corrected chi connectivity index (χ4v) is 2.67. The van der Waals surface area contributed by atoms with Gasteiger partial charge in [0.2, 0.25) is 5.91 Å². The third-order valence-electron chi connectivity index (χ3n) is 4.50. The van der Waals surface area contributed by atoms with Crippen molar-refractivity contribution >= 4 is 42.3 Å². The lowest BCUT2D eigenvalue weighted by Gasteiger charge is -2.32. The molecule has 1 amide bonds. The van der Waals surface area contributed by atoms with Crippen molar-refractivity contribution in [2.24, 2.45) is 0 Å². The highest BCUT2D eigenvalue weighted by atomic mass is 35.5. The predicted molar refractivity (Wildman–Crippen MR) is 101 cm³/mol. The monoisotopic (exact) mass is 385 g/mol. The van der Waals surface area contributed by atoms with Crippen LogP contribution in [0.4, 0.5) is 0 Å². The number of halogens is 2. The number of benzene rings is 1. The zero-order valence-electron chi connectivity index (χ0n) is 14.9. The van der Waals surface area contributed by atoms with E-state index in [1.54, 1.807) is 12.1 Å². The number of carbonyl (C=O) groups excluding carboxylic acids is 1. The molecule has 5 nitrogen and oxygen atoms in total. The molecule has 1 aromatic rings. The van der Waals surface area contributed by atoms with E-state index in [9.17, 15) is 9.90 Å². The molecule has 0 aromatic heterocycles. The third kappa shape index (κ3) is 4.50. The Bertz CT molecular complexity index is 703. The molecule has 2 N–H and O–H groups in total. The summed E-state index contributed by atoms with van der Waals surface area (Å²) >= 11 is 12.2. The van der Waals surface area contributed by atoms with Crippen molar-refractivity contribution in [2.45, 2.75) is 45.8 Å². The average molecular weight is 386 g/mol. The molecule has 0 bridgehead atoms. The van der Waals surface area contributed by atoms with Crippen molar-refractivity contribution < 1.29 is 19.2 Å². The summed E-state index contributed by atoms with van der Waals surface area (Å²) < 4.78 is 12.1. The molecule has 1 aliphatic heterocycles. The van der Waals surface area contributed by atoms with Gasteiger partial charge in [-0.1, -0.05) is 29.3 Å². The average Bonchev–Trinajstić information content (AvgIpc) is 2.68. The maximum atomic E-state index is 11.3. The minimum absolute atomic E-state index is 0.0946. The largest absolute Gasteiger partial charge is 0.506 e. The highest BCUT2D eigenvalue weighted by molar-refractivity contribution is 6.56. The summed E-state index contributed by atoms with van der Waals surface area (Å²) in [5.41, 5.74) is 0.268. The van der Waals surface area contributed by atoms with Gasteiger partial charge in [-0.05, 0) is 44.8 Å². The van der Waals surface area contributed by atoms with E-state index in [0.29, 0.717) is 16.1 Å². The first-order chi connectivity index (χ1) is 11.4. The molecule has 0 atom stereocenters. The van der Waals surface area contributed by atoms with Crippen LogP contribution in [0.15, 0.2) is 17.6 Å². The summed E-state index contributed by atoms with van der Waals surface area (Å²) in [6, 6.07) is 2.92. The van der Waals surface area contributed by atoms with Crippen LogP contribution in [0.3, 0.4) is 0 Å². The maximum Gasteiger partial charge on any atom is 0.492 e. The van der Waals surface area contributed by atoms with Gasteiger partial charge in [-0.3, -0.25) is 4.79 Å². The summed E-state index contributed by atoms with van der Waals surface area (Å²) in [6.07, 6.45) is 1.76. The van der Waals surface area contributed by atoms with Gasteiger partial charge in [-0.2, -0.15) is 0 Å². The van der Waals surface area contributed by atoms with Crippen LogP contribution in [0.25, 0.3) is 6.08 Å². The number of carbonyl (C=O) groups is 1. The lowest BCUT2D eigenvalue weighted by atomic mass is 9.77. The SMILES string of the molecule is CC(=O)NCC(=Cc1cc(Cl)c(O)cc1Cl)B1OC(C)(C)C(C)(C)O1. The Morgan fingerprint density at radius 2 is 1.76 bits per heavy atom. The molecule has 1 fully saturated rings. The molecule has 2 rings (SSSR count). The summed E-state index contributed by atoms with van der Waals surface area (Å²) in [5, 5.41) is 12.9. The lowest BCUT2D eigenvalue weighted by molar-refractivity contribution is -0.118. The minimum Gasteiger partial charge on any atom is -0.506 e. The van der Waals surface area contributed by atoms with Crippen molar-refractivity contribution in [3.8, 4) is 5.75 Å². The van der Waals surface area contributed by atoms with Gasteiger partial charge in [0.1, 0.15) is 5.75 Å². The minimum atomic E-state index is -0.638. The number of amides is 1. The van der Waals surface area contributed by atoms with E-state index in [-0.39, 0.29) is 23.2 Å². The van der Waals surface area contributed by atoms with Gasteiger partial charge < -0.3 is 19.7 Å². The predicted octanol–water partition coefficient (Wildman–Crippen LogP) is 3.85. The lowest BCUT2D eigenvalue weighted by Crippen LogP contribution is -2.41. The van der Waals surface area contributed by atoms with Gasteiger partial charge in [0.25, 0.3) is 0 Å². The molecule has 0 unspecified atom stereocenters. The van der Waals surface area contributed by atoms with E-state index in [2.05, 4.69) is 5.32 Å². The molecular weight excluding hydrogens is 364 g/mol. The molecule has 1 heterocycles. The Morgan fingerprint density at radius 3 is 2.28 bits per heavy atom. The topological polar surface area (TPSA) is 67.8 Å². The van der Waals surface area contributed by atoms with E-state index < -0.39 is 18.3 Å². The maximum absolute atomic E-state index is 11.3. The molecule has 0 aliphatic carbocycles. The van der Waals surface area contributed by atoms with Crippen LogP contribution in [0, 0.1) is 0 Å². The van der Waals surface area contributed by atoms with Gasteiger partial charge >= 0.3 is 7.12 Å². The third-order valence-corrected chi connectivity index (χ3v) is 5.13. The van der Waals surface area contributed by atoms with Gasteiger partial charge in [-0.15, -0.1) is 0 Å². The number of hydrogen-bond donors (Lipinski definition) is 2. The van der Waals surface area contributed by atoms with Gasteiger partial charge in [-0.25, -0.2) is 0 Å². The first kappa shape index (κ1) is 20.1. The molecule has 136 valence electrons. The fourth-order valence-electron chi connectivity index (χ4n) is 2.29. The first-order valence-electron chi connectivity index (χ1n) is 7.91. The molecule has 1 aliphatic rings. The highest BCUT2D eigenvalue weighted by Gasteiger charge is 2.52. The first-order valence-corrected chi connectivity index (χ1v) is 8.67. The molecule has 25 heavy (non-hydrogen) atoms. The van der Waals surface area contributed by atoms with Gasteiger partial charge in [0.15, 0.2) is 0 Å². The van der Waals surface area contributed by atoms with E-state index in [4.69, 9.17) is 32.5 Å². The van der Waals surface area contributed by atoms with Crippen LogP contribution in [0.1, 0.15) is 40.2 Å². The normalized spacial score (nSPS) is 19.2. The van der Waals surface area contributed by atoms with E-state index in [0.717, 1.165) is 0 Å². The van der Waals surface area contributed by atoms with E-state index in [1.807, 2.05) is 27.7 Å². The zero-order chi connectivity index (χ0) is 19.0. The smallest absolute Gasteiger partial charge is 0.492 e. The second-order valence-corrected chi connectivity index (χ2v) is 7.86. The van der Waals surface area contributed by atoms with Crippen LogP contribution in [0.2, 0.25) is 10.0 Å². The van der Waals surface area contributed by atoms with Crippen molar-refractivity contribution in [1.82, 2.24) is 5.32 Å². The van der Waals surface area contributed by atoms with Crippen molar-refractivity contribution in [3.63, 3.8) is 0 Å². The van der Waals surface area contributed by atoms with Crippen molar-refractivity contribution in [3.05, 3.63) is 33.2 Å². The molecule has 1 saturated heterocycles. The number of aromatic hydroxyl groups is 1. The fraction of sp³-hybridized carbons (Fsp3) is 0.471. The second kappa shape index (κ2) is 7.19. The van der Waals surface area contributed by atoms with Crippen molar-refractivity contribution in [2.75, 3.05) is 6.54 Å². The van der Waals surface area contributed by atoms with E-state index >= 15 is 0 Å².